The number of hydrogen-bond acceptors (Lipinski definition) is 2. The normalized spacial score (nSPS) is 28.4. The first-order chi connectivity index (χ1) is 6.13. The molecule has 0 aromatic heterocycles. The predicted octanol–water partition coefficient (Wildman–Crippen LogP) is -0.0369. The summed E-state index contributed by atoms with van der Waals surface area (Å²) in [5.74, 6) is -0.0910. The molecule has 70 valence electrons. The number of fused-ring (bicyclic) bond motifs is 1. The zero-order chi connectivity index (χ0) is 9.59. The number of piperazine rings is 1. The van der Waals surface area contributed by atoms with E-state index in [1.54, 1.807) is 11.9 Å². The first kappa shape index (κ1) is 8.29. The van der Waals surface area contributed by atoms with E-state index >= 15 is 0 Å². The first-order valence-corrected chi connectivity index (χ1v) is 4.40. The third-order valence-corrected chi connectivity index (χ3v) is 2.78. The Balaban J connectivity index is 2.34. The van der Waals surface area contributed by atoms with E-state index in [0.717, 1.165) is 12.8 Å². The smallest absolute Gasteiger partial charge is 0.270 e. The van der Waals surface area contributed by atoms with Gasteiger partial charge in [0.25, 0.3) is 5.91 Å². The topological polar surface area (TPSA) is 40.6 Å². The molecule has 2 aliphatic rings. The van der Waals surface area contributed by atoms with Gasteiger partial charge in [0, 0.05) is 13.6 Å². The average Bonchev–Trinajstić information content (AvgIpc) is 2.59. The molecule has 0 aliphatic carbocycles. The molecule has 4 nitrogen and oxygen atoms in total. The number of amides is 2. The maximum atomic E-state index is 11.6. The highest BCUT2D eigenvalue weighted by Crippen LogP contribution is 2.26. The molecule has 2 saturated heterocycles. The molecule has 0 spiro atoms. The monoisotopic (exact) mass is 180 g/mol. The summed E-state index contributed by atoms with van der Waals surface area (Å²) in [6, 6.07) is -0.219. The van der Waals surface area contributed by atoms with Crippen molar-refractivity contribution in [2.24, 2.45) is 0 Å². The zero-order valence-corrected chi connectivity index (χ0v) is 7.62. The Morgan fingerprint density at radius 2 is 2.15 bits per heavy atom. The van der Waals surface area contributed by atoms with E-state index < -0.39 is 0 Å². The lowest BCUT2D eigenvalue weighted by atomic mass is 10.1. The number of rotatable bonds is 0. The van der Waals surface area contributed by atoms with E-state index in [9.17, 15) is 9.59 Å². The Labute approximate surface area is 76.8 Å². The fourth-order valence-electron chi connectivity index (χ4n) is 1.93. The SMILES string of the molecule is C=C1C(=O)N2CCC[C@@H]2C(=O)N1C. The van der Waals surface area contributed by atoms with E-state index in [-0.39, 0.29) is 17.9 Å². The highest BCUT2D eigenvalue weighted by atomic mass is 16.2. The average molecular weight is 180 g/mol. The van der Waals surface area contributed by atoms with Gasteiger partial charge in [-0.25, -0.2) is 0 Å². The molecule has 0 N–H and O–H groups in total. The summed E-state index contributed by atoms with van der Waals surface area (Å²) in [6.07, 6.45) is 1.71. The predicted molar refractivity (Wildman–Crippen MR) is 46.6 cm³/mol. The fraction of sp³-hybridized carbons (Fsp3) is 0.556. The second-order valence-electron chi connectivity index (χ2n) is 3.50. The van der Waals surface area contributed by atoms with Gasteiger partial charge in [-0.1, -0.05) is 6.58 Å². The van der Waals surface area contributed by atoms with Gasteiger partial charge in [0.05, 0.1) is 0 Å². The lowest BCUT2D eigenvalue weighted by Crippen LogP contribution is -2.54. The molecule has 0 radical (unpaired) electrons. The third-order valence-electron chi connectivity index (χ3n) is 2.78. The minimum absolute atomic E-state index is 0.00194. The van der Waals surface area contributed by atoms with Crippen LogP contribution in [0.4, 0.5) is 0 Å². The molecule has 0 aromatic rings. The molecule has 13 heavy (non-hydrogen) atoms. The van der Waals surface area contributed by atoms with Crippen LogP contribution in [0.3, 0.4) is 0 Å². The van der Waals surface area contributed by atoms with E-state index in [0.29, 0.717) is 12.2 Å². The minimum Gasteiger partial charge on any atom is -0.325 e. The van der Waals surface area contributed by atoms with Gasteiger partial charge in [-0.3, -0.25) is 9.59 Å². The fourth-order valence-corrected chi connectivity index (χ4v) is 1.93. The van der Waals surface area contributed by atoms with Crippen LogP contribution in [0.1, 0.15) is 12.8 Å². The molecule has 2 rings (SSSR count). The van der Waals surface area contributed by atoms with Gasteiger partial charge in [0.2, 0.25) is 5.91 Å². The number of likely N-dealkylation sites (N-methyl/N-ethyl adjacent to an activating group) is 1. The molecule has 2 aliphatic heterocycles. The Bertz CT molecular complexity index is 298. The Kier molecular flexibility index (Phi) is 1.65. The van der Waals surface area contributed by atoms with Crippen LogP contribution in [0, 0.1) is 0 Å². The number of nitrogens with zero attached hydrogens (tertiary/aromatic N) is 2. The molecule has 4 heteroatoms. The van der Waals surface area contributed by atoms with Gasteiger partial charge in [-0.05, 0) is 12.8 Å². The van der Waals surface area contributed by atoms with Crippen molar-refractivity contribution in [3.8, 4) is 0 Å². The lowest BCUT2D eigenvalue weighted by Gasteiger charge is -2.35. The molecule has 1 atom stereocenters. The summed E-state index contributed by atoms with van der Waals surface area (Å²) in [6.45, 7) is 4.30. The van der Waals surface area contributed by atoms with Crippen LogP contribution >= 0.6 is 0 Å². The van der Waals surface area contributed by atoms with E-state index in [2.05, 4.69) is 6.58 Å². The first-order valence-electron chi connectivity index (χ1n) is 4.40. The van der Waals surface area contributed by atoms with E-state index in [1.165, 1.54) is 4.90 Å². The molecule has 0 unspecified atom stereocenters. The summed E-state index contributed by atoms with van der Waals surface area (Å²) in [5, 5.41) is 0. The Morgan fingerprint density at radius 3 is 2.85 bits per heavy atom. The second-order valence-corrected chi connectivity index (χ2v) is 3.50. The minimum atomic E-state index is -0.219. The molecular formula is C9H12N2O2. The van der Waals surface area contributed by atoms with Crippen LogP contribution in [-0.4, -0.2) is 41.2 Å². The van der Waals surface area contributed by atoms with E-state index in [4.69, 9.17) is 0 Å². The summed E-state index contributed by atoms with van der Waals surface area (Å²) in [4.78, 5) is 26.2. The third kappa shape index (κ3) is 0.978. The van der Waals surface area contributed by atoms with Gasteiger partial charge >= 0.3 is 0 Å². The van der Waals surface area contributed by atoms with Crippen molar-refractivity contribution in [1.29, 1.82) is 0 Å². The van der Waals surface area contributed by atoms with Gasteiger partial charge < -0.3 is 9.80 Å². The molecule has 0 aromatic carbocycles. The van der Waals surface area contributed by atoms with Crippen molar-refractivity contribution in [3.05, 3.63) is 12.3 Å². The van der Waals surface area contributed by atoms with Gasteiger partial charge in [-0.15, -0.1) is 0 Å². The van der Waals surface area contributed by atoms with Crippen LogP contribution in [0.2, 0.25) is 0 Å². The number of hydrogen-bond donors (Lipinski definition) is 0. The zero-order valence-electron chi connectivity index (χ0n) is 7.62. The van der Waals surface area contributed by atoms with Gasteiger partial charge in [0.1, 0.15) is 11.7 Å². The summed E-state index contributed by atoms with van der Waals surface area (Å²) < 4.78 is 0. The second kappa shape index (κ2) is 2.58. The molecule has 2 fully saturated rings. The quantitative estimate of drug-likeness (QED) is 0.491. The standard InChI is InChI=1S/C9H12N2O2/c1-6-8(12)11-5-3-4-7(11)9(13)10(6)2/h7H,1,3-5H2,2H3/t7-/m1/s1. The summed E-state index contributed by atoms with van der Waals surface area (Å²) in [5.41, 5.74) is 0.295. The highest BCUT2D eigenvalue weighted by molar-refractivity contribution is 6.04. The molecular weight excluding hydrogens is 168 g/mol. The van der Waals surface area contributed by atoms with Crippen LogP contribution in [0.25, 0.3) is 0 Å². The Hall–Kier alpha value is -1.32. The van der Waals surface area contributed by atoms with Crippen LogP contribution < -0.4 is 0 Å². The van der Waals surface area contributed by atoms with Crippen molar-refractivity contribution in [3.63, 3.8) is 0 Å². The van der Waals surface area contributed by atoms with Crippen LogP contribution in [-0.2, 0) is 9.59 Å². The molecule has 0 saturated carbocycles. The molecule has 2 amide bonds. The largest absolute Gasteiger partial charge is 0.325 e. The summed E-state index contributed by atoms with van der Waals surface area (Å²) >= 11 is 0. The molecule has 2 heterocycles. The Morgan fingerprint density at radius 1 is 1.46 bits per heavy atom. The van der Waals surface area contributed by atoms with Crippen molar-refractivity contribution >= 4 is 11.8 Å². The summed E-state index contributed by atoms with van der Waals surface area (Å²) in [7, 11) is 1.61. The van der Waals surface area contributed by atoms with Crippen molar-refractivity contribution in [1.82, 2.24) is 9.80 Å². The van der Waals surface area contributed by atoms with Gasteiger partial charge in [-0.2, -0.15) is 0 Å². The van der Waals surface area contributed by atoms with Crippen molar-refractivity contribution in [2.75, 3.05) is 13.6 Å². The number of carbonyl (C=O) groups is 2. The maximum absolute atomic E-state index is 11.6. The van der Waals surface area contributed by atoms with Crippen molar-refractivity contribution < 1.29 is 9.59 Å². The van der Waals surface area contributed by atoms with Gasteiger partial charge in [0.15, 0.2) is 0 Å². The highest BCUT2D eigenvalue weighted by Gasteiger charge is 2.42. The maximum Gasteiger partial charge on any atom is 0.270 e. The van der Waals surface area contributed by atoms with Crippen LogP contribution in [0.15, 0.2) is 12.3 Å². The number of carbonyl (C=O) groups excluding carboxylic acids is 2. The van der Waals surface area contributed by atoms with E-state index in [1.807, 2.05) is 0 Å². The van der Waals surface area contributed by atoms with Crippen molar-refractivity contribution in [2.45, 2.75) is 18.9 Å². The molecule has 0 bridgehead atoms. The lowest BCUT2D eigenvalue weighted by molar-refractivity contribution is -0.147. The van der Waals surface area contributed by atoms with Crippen LogP contribution in [0.5, 0.6) is 0 Å².